The molecule has 0 heterocycles. The number of amides is 1. The molecule has 0 fully saturated rings. The number of benzene rings is 1. The van der Waals surface area contributed by atoms with E-state index in [2.05, 4.69) is 31.9 Å². The Balaban J connectivity index is 3.44. The zero-order valence-corrected chi connectivity index (χ0v) is 11.4. The first-order valence-corrected chi connectivity index (χ1v) is 5.76. The number of carbonyl (C=O) groups excluding carboxylic acids is 1. The Hall–Kier alpha value is -1.41. The number of primary amides is 1. The van der Waals surface area contributed by atoms with E-state index in [9.17, 15) is 20.0 Å². The molecule has 1 aromatic rings. The first-order valence-electron chi connectivity index (χ1n) is 4.17. The van der Waals surface area contributed by atoms with Gasteiger partial charge in [-0.2, -0.15) is 0 Å². The van der Waals surface area contributed by atoms with E-state index in [4.69, 9.17) is 5.73 Å². The highest BCUT2D eigenvalue weighted by Gasteiger charge is 2.23. The third kappa shape index (κ3) is 3.04. The van der Waals surface area contributed by atoms with Crippen molar-refractivity contribution < 1.29 is 14.8 Å². The van der Waals surface area contributed by atoms with Gasteiger partial charge in [-0.05, 0) is 44.0 Å². The summed E-state index contributed by atoms with van der Waals surface area (Å²) < 4.78 is 0.502. The molecule has 0 aliphatic carbocycles. The van der Waals surface area contributed by atoms with Crippen LogP contribution in [0.25, 0.3) is 6.08 Å². The minimum absolute atomic E-state index is 0.116. The molecule has 0 spiro atoms. The van der Waals surface area contributed by atoms with Crippen LogP contribution in [0.4, 0.5) is 5.69 Å². The van der Waals surface area contributed by atoms with Crippen LogP contribution in [0.2, 0.25) is 0 Å². The van der Waals surface area contributed by atoms with Crippen molar-refractivity contribution in [2.45, 2.75) is 0 Å². The molecule has 8 heteroatoms. The Bertz CT molecular complexity index is 528. The van der Waals surface area contributed by atoms with Gasteiger partial charge in [-0.3, -0.25) is 14.9 Å². The standard InChI is InChI=1S/C9H6Br2N2O4/c10-5-3-4(1-2-6(12)14)9(15)8(7(5)11)13(16)17/h1-3,15H,(H2,12,14)/b2-1+. The van der Waals surface area contributed by atoms with Gasteiger partial charge in [0.15, 0.2) is 0 Å². The van der Waals surface area contributed by atoms with Crippen molar-refractivity contribution in [3.05, 3.63) is 36.8 Å². The molecule has 0 bridgehead atoms. The number of halogens is 2. The lowest BCUT2D eigenvalue weighted by Crippen LogP contribution is -2.05. The number of hydrogen-bond acceptors (Lipinski definition) is 4. The van der Waals surface area contributed by atoms with Gasteiger partial charge in [0.1, 0.15) is 4.47 Å². The Morgan fingerprint density at radius 1 is 1.53 bits per heavy atom. The monoisotopic (exact) mass is 364 g/mol. The van der Waals surface area contributed by atoms with Crippen molar-refractivity contribution in [1.29, 1.82) is 0 Å². The van der Waals surface area contributed by atoms with Gasteiger partial charge >= 0.3 is 5.69 Å². The topological polar surface area (TPSA) is 106 Å². The Morgan fingerprint density at radius 3 is 2.59 bits per heavy atom. The highest BCUT2D eigenvalue weighted by atomic mass is 79.9. The number of aromatic hydroxyl groups is 1. The molecule has 0 saturated heterocycles. The Kier molecular flexibility index (Phi) is 4.24. The van der Waals surface area contributed by atoms with Gasteiger partial charge in [-0.15, -0.1) is 0 Å². The fourth-order valence-corrected chi connectivity index (χ4v) is 1.97. The number of nitrogens with zero attached hydrogens (tertiary/aromatic N) is 1. The van der Waals surface area contributed by atoms with Gasteiger partial charge in [0.05, 0.1) is 4.92 Å². The number of phenolic OH excluding ortho intramolecular Hbond substituents is 1. The van der Waals surface area contributed by atoms with Gasteiger partial charge < -0.3 is 10.8 Å². The summed E-state index contributed by atoms with van der Waals surface area (Å²) in [7, 11) is 0. The van der Waals surface area contributed by atoms with Crippen LogP contribution >= 0.6 is 31.9 Å². The zero-order valence-electron chi connectivity index (χ0n) is 8.18. The molecule has 0 aromatic heterocycles. The summed E-state index contributed by atoms with van der Waals surface area (Å²) in [6.45, 7) is 0. The van der Waals surface area contributed by atoms with Gasteiger partial charge in [0.2, 0.25) is 11.7 Å². The van der Waals surface area contributed by atoms with Gasteiger partial charge in [-0.25, -0.2) is 0 Å². The third-order valence-corrected chi connectivity index (χ3v) is 3.77. The molecule has 0 radical (unpaired) electrons. The number of nitro benzene ring substituents is 1. The van der Waals surface area contributed by atoms with Gasteiger partial charge in [0, 0.05) is 16.1 Å². The second kappa shape index (κ2) is 5.28. The molecule has 1 amide bonds. The fraction of sp³-hybridized carbons (Fsp3) is 0. The van der Waals surface area contributed by atoms with E-state index in [1.807, 2.05) is 0 Å². The maximum absolute atomic E-state index is 10.8. The van der Waals surface area contributed by atoms with E-state index >= 15 is 0 Å². The fourth-order valence-electron chi connectivity index (χ4n) is 1.09. The van der Waals surface area contributed by atoms with Crippen LogP contribution < -0.4 is 5.73 Å². The highest BCUT2D eigenvalue weighted by Crippen LogP contribution is 2.42. The Labute approximate surface area is 113 Å². The summed E-state index contributed by atoms with van der Waals surface area (Å²) in [5.74, 6) is -1.26. The molecule has 0 atom stereocenters. The van der Waals surface area contributed by atoms with E-state index in [1.54, 1.807) is 0 Å². The molecular weight excluding hydrogens is 360 g/mol. The first-order chi connectivity index (χ1) is 7.84. The minimum atomic E-state index is -0.730. The van der Waals surface area contributed by atoms with E-state index in [1.165, 1.54) is 12.1 Å². The quantitative estimate of drug-likeness (QED) is 0.487. The van der Waals surface area contributed by atoms with Crippen LogP contribution in [-0.2, 0) is 4.79 Å². The van der Waals surface area contributed by atoms with Crippen molar-refractivity contribution in [1.82, 2.24) is 0 Å². The lowest BCUT2D eigenvalue weighted by atomic mass is 10.1. The average Bonchev–Trinajstić information content (AvgIpc) is 2.21. The molecule has 0 aliphatic rings. The van der Waals surface area contributed by atoms with Crippen molar-refractivity contribution in [3.63, 3.8) is 0 Å². The summed E-state index contributed by atoms with van der Waals surface area (Å²) in [5, 5.41) is 20.4. The minimum Gasteiger partial charge on any atom is -0.502 e. The number of nitro groups is 1. The van der Waals surface area contributed by atoms with E-state index in [0.717, 1.165) is 6.08 Å². The summed E-state index contributed by atoms with van der Waals surface area (Å²) in [6, 6.07) is 1.42. The predicted octanol–water partition coefficient (Wildman–Crippen LogP) is 2.32. The van der Waals surface area contributed by atoms with Crippen LogP contribution in [0.15, 0.2) is 21.1 Å². The maximum Gasteiger partial charge on any atom is 0.326 e. The SMILES string of the molecule is NC(=O)/C=C/c1cc(Br)c(Br)c([N+](=O)[O-])c1O. The number of nitrogens with two attached hydrogens (primary N) is 1. The molecule has 1 aromatic carbocycles. The molecule has 1 rings (SSSR count). The van der Waals surface area contributed by atoms with Gasteiger partial charge in [-0.1, -0.05) is 0 Å². The molecule has 0 unspecified atom stereocenters. The van der Waals surface area contributed by atoms with Crippen molar-refractivity contribution in [2.75, 3.05) is 0 Å². The molecule has 0 saturated carbocycles. The van der Waals surface area contributed by atoms with Crippen LogP contribution in [0.5, 0.6) is 5.75 Å². The number of phenols is 1. The molecule has 17 heavy (non-hydrogen) atoms. The lowest BCUT2D eigenvalue weighted by molar-refractivity contribution is -0.386. The van der Waals surface area contributed by atoms with E-state index in [0.29, 0.717) is 4.47 Å². The maximum atomic E-state index is 10.8. The molecular formula is C9H6Br2N2O4. The average molecular weight is 366 g/mol. The summed E-state index contributed by atoms with van der Waals surface area (Å²) in [5.41, 5.74) is 4.53. The lowest BCUT2D eigenvalue weighted by Gasteiger charge is -2.04. The number of hydrogen-bond donors (Lipinski definition) is 2. The smallest absolute Gasteiger partial charge is 0.326 e. The largest absolute Gasteiger partial charge is 0.502 e. The highest BCUT2D eigenvalue weighted by molar-refractivity contribution is 9.13. The summed E-state index contributed by atoms with van der Waals surface area (Å²) >= 11 is 6.08. The van der Waals surface area contributed by atoms with Crippen molar-refractivity contribution >= 4 is 49.5 Å². The number of rotatable bonds is 3. The Morgan fingerprint density at radius 2 is 2.12 bits per heavy atom. The van der Waals surface area contributed by atoms with Crippen LogP contribution in [0, 0.1) is 10.1 Å². The van der Waals surface area contributed by atoms with Crippen LogP contribution in [-0.4, -0.2) is 15.9 Å². The second-order valence-corrected chi connectivity index (χ2v) is 4.60. The van der Waals surface area contributed by atoms with Crippen LogP contribution in [0.3, 0.4) is 0 Å². The normalized spacial score (nSPS) is 10.7. The third-order valence-electron chi connectivity index (χ3n) is 1.81. The van der Waals surface area contributed by atoms with Crippen LogP contribution in [0.1, 0.15) is 5.56 Å². The zero-order chi connectivity index (χ0) is 13.2. The second-order valence-electron chi connectivity index (χ2n) is 2.95. The molecule has 3 N–H and O–H groups in total. The van der Waals surface area contributed by atoms with Crippen molar-refractivity contribution in [2.24, 2.45) is 5.73 Å². The number of carbonyl (C=O) groups is 1. The predicted molar refractivity (Wildman–Crippen MR) is 68.4 cm³/mol. The first kappa shape index (κ1) is 13.7. The van der Waals surface area contributed by atoms with Gasteiger partial charge in [0.25, 0.3) is 0 Å². The molecule has 6 nitrogen and oxygen atoms in total. The summed E-state index contributed by atoms with van der Waals surface area (Å²) in [4.78, 5) is 20.6. The molecule has 90 valence electrons. The van der Waals surface area contributed by atoms with E-state index < -0.39 is 22.3 Å². The van der Waals surface area contributed by atoms with E-state index in [-0.39, 0.29) is 10.0 Å². The summed E-state index contributed by atoms with van der Waals surface area (Å²) in [6.07, 6.45) is 2.20. The molecule has 0 aliphatic heterocycles. The van der Waals surface area contributed by atoms with Crippen molar-refractivity contribution in [3.8, 4) is 5.75 Å².